The summed E-state index contributed by atoms with van der Waals surface area (Å²) < 4.78 is 5.40. The molecule has 44 heavy (non-hydrogen) atoms. The van der Waals surface area contributed by atoms with E-state index in [9.17, 15) is 0 Å². The van der Waals surface area contributed by atoms with Gasteiger partial charge in [0.2, 0.25) is 0 Å². The van der Waals surface area contributed by atoms with Crippen LogP contribution in [0.1, 0.15) is 0 Å². The molecular formula is C42H26S2. The molecule has 0 aliphatic rings. The van der Waals surface area contributed by atoms with Gasteiger partial charge in [-0.2, -0.15) is 0 Å². The maximum atomic E-state index is 2.38. The third-order valence-corrected chi connectivity index (χ3v) is 11.2. The molecule has 0 bridgehead atoms. The van der Waals surface area contributed by atoms with Crippen LogP contribution in [0.4, 0.5) is 0 Å². The summed E-state index contributed by atoms with van der Waals surface area (Å²) in [5.74, 6) is 0. The number of fused-ring (bicyclic) bond motifs is 6. The van der Waals surface area contributed by atoms with Crippen molar-refractivity contribution >= 4 is 63.0 Å². The molecule has 0 nitrogen and oxygen atoms in total. The van der Waals surface area contributed by atoms with Crippen LogP contribution >= 0.6 is 22.7 Å². The molecule has 0 spiro atoms. The van der Waals surface area contributed by atoms with E-state index in [4.69, 9.17) is 0 Å². The summed E-state index contributed by atoms with van der Waals surface area (Å²) in [5.41, 5.74) is 10.1. The van der Waals surface area contributed by atoms with Gasteiger partial charge in [-0.15, -0.1) is 22.7 Å². The SMILES string of the molecule is c1ccc(-c2ccc(-c3cccc(-c4ccc5sc6c(-c7cccc8c7sc7ccccc78)cccc6c5c4)c3)cc2)cc1. The minimum atomic E-state index is 1.23. The Morgan fingerprint density at radius 3 is 1.45 bits per heavy atom. The Kier molecular flexibility index (Phi) is 5.97. The number of hydrogen-bond donors (Lipinski definition) is 0. The van der Waals surface area contributed by atoms with Crippen molar-refractivity contribution in [2.45, 2.75) is 0 Å². The molecule has 0 saturated carbocycles. The van der Waals surface area contributed by atoms with Crippen LogP contribution in [-0.4, -0.2) is 0 Å². The van der Waals surface area contributed by atoms with E-state index >= 15 is 0 Å². The highest BCUT2D eigenvalue weighted by Crippen LogP contribution is 2.45. The zero-order valence-corrected chi connectivity index (χ0v) is 25.5. The van der Waals surface area contributed by atoms with Crippen LogP contribution in [0.5, 0.6) is 0 Å². The normalized spacial score (nSPS) is 11.6. The summed E-state index contributed by atoms with van der Waals surface area (Å²) >= 11 is 3.81. The third-order valence-electron chi connectivity index (χ3n) is 8.71. The first-order chi connectivity index (χ1) is 21.8. The zero-order chi connectivity index (χ0) is 29.0. The number of rotatable bonds is 4. The molecule has 7 aromatic carbocycles. The van der Waals surface area contributed by atoms with Crippen molar-refractivity contribution in [2.24, 2.45) is 0 Å². The number of benzene rings is 7. The molecule has 2 heterocycles. The second-order valence-electron chi connectivity index (χ2n) is 11.3. The van der Waals surface area contributed by atoms with Gasteiger partial charge in [0.1, 0.15) is 0 Å². The topological polar surface area (TPSA) is 0 Å². The molecular weight excluding hydrogens is 569 g/mol. The van der Waals surface area contributed by atoms with Gasteiger partial charge < -0.3 is 0 Å². The molecule has 0 atom stereocenters. The van der Waals surface area contributed by atoms with Crippen molar-refractivity contribution in [1.29, 1.82) is 0 Å². The van der Waals surface area contributed by atoms with Crippen molar-refractivity contribution in [3.63, 3.8) is 0 Å². The molecule has 2 heteroatoms. The van der Waals surface area contributed by atoms with Gasteiger partial charge in [0.25, 0.3) is 0 Å². The summed E-state index contributed by atoms with van der Waals surface area (Å²) in [5, 5.41) is 5.34. The predicted octanol–water partition coefficient (Wildman–Crippen LogP) is 13.1. The molecule has 0 N–H and O–H groups in total. The minimum absolute atomic E-state index is 1.23. The highest BCUT2D eigenvalue weighted by Gasteiger charge is 2.15. The molecule has 0 unspecified atom stereocenters. The van der Waals surface area contributed by atoms with Gasteiger partial charge in [-0.05, 0) is 57.6 Å². The lowest BCUT2D eigenvalue weighted by Crippen LogP contribution is -1.83. The highest BCUT2D eigenvalue weighted by molar-refractivity contribution is 7.27. The van der Waals surface area contributed by atoms with Crippen LogP contribution in [0.25, 0.3) is 84.9 Å². The standard InChI is InChI=1S/C42H26S2/c1-2-9-27(10-3-1)28-19-21-29(22-20-28)30-11-6-12-31(25-30)32-23-24-40-38(26-32)37-17-8-16-36(42(37)44-40)35-15-7-14-34-33-13-4-5-18-39(33)43-41(34)35/h1-26H. The maximum absolute atomic E-state index is 2.38. The fourth-order valence-electron chi connectivity index (χ4n) is 6.51. The van der Waals surface area contributed by atoms with E-state index in [2.05, 4.69) is 158 Å². The molecule has 206 valence electrons. The molecule has 0 fully saturated rings. The Balaban J connectivity index is 1.12. The van der Waals surface area contributed by atoms with Crippen molar-refractivity contribution in [2.75, 3.05) is 0 Å². The second-order valence-corrected chi connectivity index (χ2v) is 13.4. The van der Waals surface area contributed by atoms with E-state index in [1.54, 1.807) is 0 Å². The lowest BCUT2D eigenvalue weighted by molar-refractivity contribution is 1.58. The molecule has 9 aromatic rings. The Morgan fingerprint density at radius 1 is 0.273 bits per heavy atom. The zero-order valence-electron chi connectivity index (χ0n) is 23.8. The maximum Gasteiger partial charge on any atom is 0.0434 e. The van der Waals surface area contributed by atoms with E-state index in [0.717, 1.165) is 0 Å². The van der Waals surface area contributed by atoms with Crippen LogP contribution in [0.15, 0.2) is 158 Å². The van der Waals surface area contributed by atoms with Gasteiger partial charge >= 0.3 is 0 Å². The van der Waals surface area contributed by atoms with Gasteiger partial charge in [-0.3, -0.25) is 0 Å². The molecule has 0 radical (unpaired) electrons. The van der Waals surface area contributed by atoms with Gasteiger partial charge in [-0.1, -0.05) is 133 Å². The number of thiophene rings is 2. The van der Waals surface area contributed by atoms with E-state index < -0.39 is 0 Å². The molecule has 0 aliphatic carbocycles. The molecule has 0 aliphatic heterocycles. The smallest absolute Gasteiger partial charge is 0.0434 e. The lowest BCUT2D eigenvalue weighted by Gasteiger charge is -2.08. The van der Waals surface area contributed by atoms with E-state index in [0.29, 0.717) is 0 Å². The van der Waals surface area contributed by atoms with Gasteiger partial charge in [-0.25, -0.2) is 0 Å². The van der Waals surface area contributed by atoms with Gasteiger partial charge in [0.15, 0.2) is 0 Å². The summed E-state index contributed by atoms with van der Waals surface area (Å²) in [6.45, 7) is 0. The lowest BCUT2D eigenvalue weighted by atomic mass is 9.96. The Labute approximate surface area is 264 Å². The largest absolute Gasteiger partial charge is 0.135 e. The van der Waals surface area contributed by atoms with Crippen LogP contribution in [0, 0.1) is 0 Å². The summed E-state index contributed by atoms with van der Waals surface area (Å²) in [4.78, 5) is 0. The highest BCUT2D eigenvalue weighted by atomic mass is 32.1. The van der Waals surface area contributed by atoms with E-state index in [1.807, 2.05) is 22.7 Å². The first-order valence-corrected chi connectivity index (χ1v) is 16.6. The Hall–Kier alpha value is -5.02. The molecule has 0 amide bonds. The van der Waals surface area contributed by atoms with E-state index in [-0.39, 0.29) is 0 Å². The second kappa shape index (κ2) is 10.3. The predicted molar refractivity (Wildman–Crippen MR) is 194 cm³/mol. The van der Waals surface area contributed by atoms with Crippen molar-refractivity contribution < 1.29 is 0 Å². The van der Waals surface area contributed by atoms with Crippen molar-refractivity contribution in [3.8, 4) is 44.5 Å². The average molecular weight is 595 g/mol. The first kappa shape index (κ1) is 25.5. The summed E-state index contributed by atoms with van der Waals surface area (Å²) in [6, 6.07) is 57.7. The summed E-state index contributed by atoms with van der Waals surface area (Å²) in [7, 11) is 0. The summed E-state index contributed by atoms with van der Waals surface area (Å²) in [6.07, 6.45) is 0. The minimum Gasteiger partial charge on any atom is -0.135 e. The van der Waals surface area contributed by atoms with Crippen molar-refractivity contribution in [1.82, 2.24) is 0 Å². The van der Waals surface area contributed by atoms with Crippen LogP contribution in [0.3, 0.4) is 0 Å². The van der Waals surface area contributed by atoms with Crippen LogP contribution < -0.4 is 0 Å². The van der Waals surface area contributed by atoms with Crippen LogP contribution in [-0.2, 0) is 0 Å². The molecule has 0 saturated heterocycles. The van der Waals surface area contributed by atoms with Crippen LogP contribution in [0.2, 0.25) is 0 Å². The monoisotopic (exact) mass is 594 g/mol. The third kappa shape index (κ3) is 4.18. The fraction of sp³-hybridized carbons (Fsp3) is 0. The number of hydrogen-bond acceptors (Lipinski definition) is 2. The molecule has 2 aromatic heterocycles. The van der Waals surface area contributed by atoms with Gasteiger partial charge in [0, 0.05) is 51.5 Å². The molecule has 9 rings (SSSR count). The Bertz CT molecular complexity index is 2480. The van der Waals surface area contributed by atoms with E-state index in [1.165, 1.54) is 84.9 Å². The average Bonchev–Trinajstić information content (AvgIpc) is 3.67. The fourth-order valence-corrected chi connectivity index (χ4v) is 8.95. The Morgan fingerprint density at radius 2 is 0.727 bits per heavy atom. The first-order valence-electron chi connectivity index (χ1n) is 14.9. The van der Waals surface area contributed by atoms with Gasteiger partial charge in [0.05, 0.1) is 0 Å². The van der Waals surface area contributed by atoms with Crippen molar-refractivity contribution in [3.05, 3.63) is 158 Å². The quantitative estimate of drug-likeness (QED) is 0.190.